The molecule has 2 aromatic carbocycles. The number of methoxy groups -OCH3 is 1. The van der Waals surface area contributed by atoms with Crippen LogP contribution in [0, 0.1) is 19.8 Å². The van der Waals surface area contributed by atoms with Gasteiger partial charge in [0.1, 0.15) is 5.75 Å². The second kappa shape index (κ2) is 9.33. The fourth-order valence-corrected chi connectivity index (χ4v) is 4.81. The molecule has 32 heavy (non-hydrogen) atoms. The first-order valence-electron chi connectivity index (χ1n) is 11.3. The van der Waals surface area contributed by atoms with Gasteiger partial charge in [0.25, 0.3) is 0 Å². The topological polar surface area (TPSA) is 67.9 Å². The van der Waals surface area contributed by atoms with Crippen LogP contribution in [0.15, 0.2) is 42.5 Å². The summed E-state index contributed by atoms with van der Waals surface area (Å²) in [5.74, 6) is 0.420. The van der Waals surface area contributed by atoms with E-state index in [1.165, 1.54) is 5.56 Å². The molecule has 1 N–H and O–H groups in total. The molecule has 0 unspecified atom stereocenters. The second-order valence-electron chi connectivity index (χ2n) is 8.98. The molecule has 2 aliphatic heterocycles. The van der Waals surface area contributed by atoms with Gasteiger partial charge in [0, 0.05) is 49.4 Å². The molecular weight excluding hydrogens is 404 g/mol. The van der Waals surface area contributed by atoms with Crippen molar-refractivity contribution in [3.05, 3.63) is 59.2 Å². The SMILES string of the molecule is COc1ccccc1C1(CNC(=O)[C@@H]2CC(=O)N(c3ccc(C)c(C)c3)C2)CCOCC1. The predicted molar refractivity (Wildman–Crippen MR) is 124 cm³/mol. The average Bonchev–Trinajstić information content (AvgIpc) is 3.21. The summed E-state index contributed by atoms with van der Waals surface area (Å²) in [5.41, 5.74) is 4.06. The highest BCUT2D eigenvalue weighted by Gasteiger charge is 2.39. The van der Waals surface area contributed by atoms with Crippen LogP contribution in [0.2, 0.25) is 0 Å². The highest BCUT2D eigenvalue weighted by atomic mass is 16.5. The van der Waals surface area contributed by atoms with E-state index in [1.807, 2.05) is 43.3 Å². The number of hydrogen-bond donors (Lipinski definition) is 1. The maximum absolute atomic E-state index is 13.1. The number of rotatable bonds is 6. The summed E-state index contributed by atoms with van der Waals surface area (Å²) in [5, 5.41) is 3.17. The highest BCUT2D eigenvalue weighted by molar-refractivity contribution is 6.00. The van der Waals surface area contributed by atoms with Gasteiger partial charge in [-0.2, -0.15) is 0 Å². The summed E-state index contributed by atoms with van der Waals surface area (Å²) in [4.78, 5) is 27.5. The molecule has 0 spiro atoms. The second-order valence-corrected chi connectivity index (χ2v) is 8.98. The fourth-order valence-electron chi connectivity index (χ4n) is 4.81. The number of carbonyl (C=O) groups excluding carboxylic acids is 2. The van der Waals surface area contributed by atoms with E-state index in [9.17, 15) is 9.59 Å². The molecule has 0 aromatic heterocycles. The molecule has 4 rings (SSSR count). The molecule has 2 saturated heterocycles. The Morgan fingerprint density at radius 3 is 2.62 bits per heavy atom. The van der Waals surface area contributed by atoms with E-state index >= 15 is 0 Å². The van der Waals surface area contributed by atoms with Crippen molar-refractivity contribution in [2.24, 2.45) is 5.92 Å². The van der Waals surface area contributed by atoms with Crippen LogP contribution in [0.4, 0.5) is 5.69 Å². The molecule has 0 aliphatic carbocycles. The third kappa shape index (κ3) is 4.37. The lowest BCUT2D eigenvalue weighted by Gasteiger charge is -2.38. The van der Waals surface area contributed by atoms with Crippen molar-refractivity contribution in [2.75, 3.05) is 38.3 Å². The van der Waals surface area contributed by atoms with Crippen molar-refractivity contribution in [1.29, 1.82) is 0 Å². The van der Waals surface area contributed by atoms with Gasteiger partial charge in [0.15, 0.2) is 0 Å². The first-order chi connectivity index (χ1) is 15.4. The number of nitrogens with zero attached hydrogens (tertiary/aromatic N) is 1. The Kier molecular flexibility index (Phi) is 6.51. The Morgan fingerprint density at radius 2 is 1.91 bits per heavy atom. The number of nitrogens with one attached hydrogen (secondary N) is 1. The minimum Gasteiger partial charge on any atom is -0.496 e. The molecule has 0 radical (unpaired) electrons. The van der Waals surface area contributed by atoms with Crippen LogP contribution in [-0.4, -0.2) is 45.2 Å². The average molecular weight is 437 g/mol. The normalized spacial score (nSPS) is 20.3. The van der Waals surface area contributed by atoms with Gasteiger partial charge in [-0.1, -0.05) is 24.3 Å². The quantitative estimate of drug-likeness (QED) is 0.752. The first kappa shape index (κ1) is 22.3. The maximum atomic E-state index is 13.1. The van der Waals surface area contributed by atoms with Crippen LogP contribution in [0.5, 0.6) is 5.75 Å². The number of ether oxygens (including phenoxy) is 2. The van der Waals surface area contributed by atoms with Gasteiger partial charge in [0.05, 0.1) is 13.0 Å². The molecule has 2 fully saturated rings. The minimum absolute atomic E-state index is 0.00101. The fraction of sp³-hybridized carbons (Fsp3) is 0.462. The van der Waals surface area contributed by atoms with Crippen molar-refractivity contribution >= 4 is 17.5 Å². The molecular formula is C26H32N2O4. The van der Waals surface area contributed by atoms with E-state index in [4.69, 9.17) is 9.47 Å². The third-order valence-electron chi connectivity index (χ3n) is 7.03. The molecule has 170 valence electrons. The summed E-state index contributed by atoms with van der Waals surface area (Å²) >= 11 is 0. The number of amides is 2. The summed E-state index contributed by atoms with van der Waals surface area (Å²) in [7, 11) is 1.68. The van der Waals surface area contributed by atoms with Gasteiger partial charge < -0.3 is 19.7 Å². The summed E-state index contributed by atoms with van der Waals surface area (Å²) < 4.78 is 11.2. The molecule has 2 aliphatic rings. The van der Waals surface area contributed by atoms with Gasteiger partial charge in [-0.15, -0.1) is 0 Å². The molecule has 2 heterocycles. The lowest BCUT2D eigenvalue weighted by Crippen LogP contribution is -2.46. The smallest absolute Gasteiger partial charge is 0.227 e. The van der Waals surface area contributed by atoms with Crippen molar-refractivity contribution < 1.29 is 19.1 Å². The molecule has 2 aromatic rings. The largest absolute Gasteiger partial charge is 0.496 e. The van der Waals surface area contributed by atoms with Gasteiger partial charge in [-0.05, 0) is 56.0 Å². The van der Waals surface area contributed by atoms with E-state index in [2.05, 4.69) is 18.3 Å². The molecule has 2 amide bonds. The Balaban J connectivity index is 1.47. The number of benzene rings is 2. The van der Waals surface area contributed by atoms with Gasteiger partial charge in [-0.25, -0.2) is 0 Å². The Morgan fingerprint density at radius 1 is 1.16 bits per heavy atom. The van der Waals surface area contributed by atoms with Crippen molar-refractivity contribution in [2.45, 2.75) is 38.5 Å². The van der Waals surface area contributed by atoms with Crippen LogP contribution in [-0.2, 0) is 19.7 Å². The van der Waals surface area contributed by atoms with Crippen molar-refractivity contribution in [1.82, 2.24) is 5.32 Å². The highest BCUT2D eigenvalue weighted by Crippen LogP contribution is 2.39. The first-order valence-corrected chi connectivity index (χ1v) is 11.3. The van der Waals surface area contributed by atoms with Crippen LogP contribution >= 0.6 is 0 Å². The van der Waals surface area contributed by atoms with Crippen molar-refractivity contribution in [3.8, 4) is 5.75 Å². The Labute approximate surface area is 189 Å². The molecule has 1 atom stereocenters. The van der Waals surface area contributed by atoms with Crippen LogP contribution in [0.1, 0.15) is 36.0 Å². The van der Waals surface area contributed by atoms with E-state index in [-0.39, 0.29) is 29.6 Å². The number of anilines is 1. The van der Waals surface area contributed by atoms with E-state index in [1.54, 1.807) is 12.0 Å². The number of carbonyl (C=O) groups is 2. The Hall–Kier alpha value is -2.86. The summed E-state index contributed by atoms with van der Waals surface area (Å²) in [6, 6.07) is 14.0. The third-order valence-corrected chi connectivity index (χ3v) is 7.03. The van der Waals surface area contributed by atoms with Crippen LogP contribution < -0.4 is 15.0 Å². The predicted octanol–water partition coefficient (Wildman–Crippen LogP) is 3.53. The lowest BCUT2D eigenvalue weighted by atomic mass is 9.73. The standard InChI is InChI=1S/C26H32N2O4/c1-18-8-9-21(14-19(18)2)28-16-20(15-24(28)29)25(30)27-17-26(10-12-32-13-11-26)22-6-4-5-7-23(22)31-3/h4-9,14,20H,10-13,15-17H2,1-3H3,(H,27,30)/t20-/m1/s1. The molecule has 0 bridgehead atoms. The van der Waals surface area contributed by atoms with E-state index in [0.717, 1.165) is 35.4 Å². The zero-order valence-corrected chi connectivity index (χ0v) is 19.1. The van der Waals surface area contributed by atoms with Crippen molar-refractivity contribution in [3.63, 3.8) is 0 Å². The zero-order valence-electron chi connectivity index (χ0n) is 19.1. The number of hydrogen-bond acceptors (Lipinski definition) is 4. The Bertz CT molecular complexity index is 997. The molecule has 0 saturated carbocycles. The monoisotopic (exact) mass is 436 g/mol. The lowest BCUT2D eigenvalue weighted by molar-refractivity contribution is -0.126. The molecule has 6 nitrogen and oxygen atoms in total. The van der Waals surface area contributed by atoms with Gasteiger partial charge >= 0.3 is 0 Å². The number of para-hydroxylation sites is 1. The van der Waals surface area contributed by atoms with Gasteiger partial charge in [0.2, 0.25) is 11.8 Å². The molecule has 6 heteroatoms. The van der Waals surface area contributed by atoms with Gasteiger partial charge in [-0.3, -0.25) is 9.59 Å². The van der Waals surface area contributed by atoms with Crippen LogP contribution in [0.25, 0.3) is 0 Å². The zero-order chi connectivity index (χ0) is 22.7. The van der Waals surface area contributed by atoms with Crippen LogP contribution in [0.3, 0.4) is 0 Å². The summed E-state index contributed by atoms with van der Waals surface area (Å²) in [6.07, 6.45) is 1.86. The number of aryl methyl sites for hydroxylation is 2. The van der Waals surface area contributed by atoms with E-state index < -0.39 is 0 Å². The van der Waals surface area contributed by atoms with E-state index in [0.29, 0.717) is 26.3 Å². The minimum atomic E-state index is -0.348. The maximum Gasteiger partial charge on any atom is 0.227 e. The summed E-state index contributed by atoms with van der Waals surface area (Å²) in [6.45, 7) is 6.30.